The van der Waals surface area contributed by atoms with Gasteiger partial charge in [-0.2, -0.15) is 0 Å². The van der Waals surface area contributed by atoms with Crippen molar-refractivity contribution >= 4 is 11.6 Å². The number of aliphatic hydroxyl groups is 1. The molecule has 1 amide bonds. The van der Waals surface area contributed by atoms with Gasteiger partial charge < -0.3 is 15.0 Å². The fourth-order valence-electron chi connectivity index (χ4n) is 1.97. The summed E-state index contributed by atoms with van der Waals surface area (Å²) in [5, 5.41) is 11.7. The molecule has 0 spiro atoms. The number of carbonyl (C=O) groups is 1. The lowest BCUT2D eigenvalue weighted by Crippen LogP contribution is -2.16. The number of nitrogens with zero attached hydrogens (tertiary/aromatic N) is 1. The standard InChI is InChI=1S/C17H18N2O2/c1-13-8-9-15(14(12-13)6-3-4-11-20)18-17(21)16-7-5-10-19(16)2/h5,7-10,12,20H,4,11H2,1-2H3,(H,18,21). The summed E-state index contributed by atoms with van der Waals surface area (Å²) in [6, 6.07) is 9.29. The van der Waals surface area contributed by atoms with Crippen LogP contribution in [0, 0.1) is 18.8 Å². The van der Waals surface area contributed by atoms with Crippen molar-refractivity contribution in [1.29, 1.82) is 0 Å². The number of nitrogens with one attached hydrogen (secondary N) is 1. The summed E-state index contributed by atoms with van der Waals surface area (Å²) in [7, 11) is 1.83. The summed E-state index contributed by atoms with van der Waals surface area (Å²) in [5.41, 5.74) is 3.09. The van der Waals surface area contributed by atoms with Gasteiger partial charge in [0.1, 0.15) is 5.69 Å². The molecule has 0 saturated heterocycles. The lowest BCUT2D eigenvalue weighted by Gasteiger charge is -2.09. The number of benzene rings is 1. The minimum absolute atomic E-state index is 0.0316. The molecule has 0 aliphatic heterocycles. The molecular weight excluding hydrogens is 264 g/mol. The van der Waals surface area contributed by atoms with E-state index in [-0.39, 0.29) is 12.5 Å². The number of hydrogen-bond acceptors (Lipinski definition) is 2. The normalized spacial score (nSPS) is 9.86. The quantitative estimate of drug-likeness (QED) is 0.849. The number of carbonyl (C=O) groups excluding carboxylic acids is 1. The fraction of sp³-hybridized carbons (Fsp3) is 0.235. The highest BCUT2D eigenvalue weighted by Gasteiger charge is 2.10. The van der Waals surface area contributed by atoms with E-state index in [2.05, 4.69) is 17.2 Å². The Morgan fingerprint density at radius 2 is 2.19 bits per heavy atom. The van der Waals surface area contributed by atoms with Crippen molar-refractivity contribution in [2.45, 2.75) is 13.3 Å². The van der Waals surface area contributed by atoms with Crippen LogP contribution in [0.4, 0.5) is 5.69 Å². The maximum absolute atomic E-state index is 12.2. The number of anilines is 1. The first-order chi connectivity index (χ1) is 10.1. The van der Waals surface area contributed by atoms with Crippen LogP contribution in [-0.4, -0.2) is 22.2 Å². The van der Waals surface area contributed by atoms with E-state index in [1.54, 1.807) is 10.6 Å². The molecule has 0 atom stereocenters. The third-order valence-corrected chi connectivity index (χ3v) is 3.06. The Hall–Kier alpha value is -2.51. The molecule has 108 valence electrons. The number of rotatable bonds is 3. The molecule has 0 aliphatic carbocycles. The van der Waals surface area contributed by atoms with Crippen molar-refractivity contribution in [3.05, 3.63) is 53.3 Å². The van der Waals surface area contributed by atoms with Gasteiger partial charge in [-0.15, -0.1) is 0 Å². The zero-order valence-corrected chi connectivity index (χ0v) is 12.2. The van der Waals surface area contributed by atoms with E-state index in [4.69, 9.17) is 5.11 Å². The number of hydrogen-bond donors (Lipinski definition) is 2. The second-order valence-electron chi connectivity index (χ2n) is 4.78. The second-order valence-corrected chi connectivity index (χ2v) is 4.78. The molecule has 0 aliphatic rings. The van der Waals surface area contributed by atoms with Gasteiger partial charge >= 0.3 is 0 Å². The van der Waals surface area contributed by atoms with Crippen LogP contribution in [0.5, 0.6) is 0 Å². The maximum atomic E-state index is 12.2. The van der Waals surface area contributed by atoms with Gasteiger partial charge in [0.05, 0.1) is 12.3 Å². The monoisotopic (exact) mass is 282 g/mol. The molecule has 0 saturated carbocycles. The van der Waals surface area contributed by atoms with E-state index in [0.29, 0.717) is 17.8 Å². The van der Waals surface area contributed by atoms with Crippen molar-refractivity contribution in [2.75, 3.05) is 11.9 Å². The predicted molar refractivity (Wildman–Crippen MR) is 83.1 cm³/mol. The molecule has 1 aromatic heterocycles. The van der Waals surface area contributed by atoms with Crippen molar-refractivity contribution in [3.8, 4) is 11.8 Å². The van der Waals surface area contributed by atoms with Crippen LogP contribution < -0.4 is 5.32 Å². The van der Waals surface area contributed by atoms with E-state index in [9.17, 15) is 4.79 Å². The molecule has 0 fully saturated rings. The second kappa shape index (κ2) is 6.78. The predicted octanol–water partition coefficient (Wildman–Crippen LogP) is 2.32. The summed E-state index contributed by atoms with van der Waals surface area (Å²) < 4.78 is 1.76. The van der Waals surface area contributed by atoms with Gasteiger partial charge in [-0.1, -0.05) is 17.9 Å². The molecule has 2 rings (SSSR count). The molecule has 21 heavy (non-hydrogen) atoms. The maximum Gasteiger partial charge on any atom is 0.272 e. The Morgan fingerprint density at radius 3 is 2.86 bits per heavy atom. The van der Waals surface area contributed by atoms with Crippen LogP contribution in [0.15, 0.2) is 36.5 Å². The molecule has 4 heteroatoms. The Morgan fingerprint density at radius 1 is 1.38 bits per heavy atom. The number of aromatic nitrogens is 1. The largest absolute Gasteiger partial charge is 0.395 e. The Balaban J connectivity index is 2.26. The molecule has 2 aromatic rings. The summed E-state index contributed by atoms with van der Waals surface area (Å²) in [6.45, 7) is 2.00. The zero-order valence-electron chi connectivity index (χ0n) is 12.2. The molecule has 1 aromatic carbocycles. The van der Waals surface area contributed by atoms with E-state index in [1.165, 1.54) is 0 Å². The third-order valence-electron chi connectivity index (χ3n) is 3.06. The van der Waals surface area contributed by atoms with Crippen molar-refractivity contribution < 1.29 is 9.90 Å². The molecule has 0 bridgehead atoms. The van der Waals surface area contributed by atoms with Gasteiger partial charge in [-0.05, 0) is 36.8 Å². The summed E-state index contributed by atoms with van der Waals surface area (Å²) >= 11 is 0. The van der Waals surface area contributed by atoms with Gasteiger partial charge in [-0.3, -0.25) is 4.79 Å². The molecule has 0 unspecified atom stereocenters. The van der Waals surface area contributed by atoms with E-state index in [0.717, 1.165) is 11.1 Å². The van der Waals surface area contributed by atoms with Gasteiger partial charge in [0.25, 0.3) is 5.91 Å². The Kier molecular flexibility index (Phi) is 4.81. The minimum Gasteiger partial charge on any atom is -0.395 e. The number of aryl methyl sites for hydroxylation is 2. The first kappa shape index (κ1) is 14.9. The van der Waals surface area contributed by atoms with Gasteiger partial charge in [0.15, 0.2) is 0 Å². The highest BCUT2D eigenvalue weighted by molar-refractivity contribution is 6.03. The smallest absolute Gasteiger partial charge is 0.272 e. The first-order valence-corrected chi connectivity index (χ1v) is 6.75. The van der Waals surface area contributed by atoms with Crippen LogP contribution in [0.1, 0.15) is 28.0 Å². The fourth-order valence-corrected chi connectivity index (χ4v) is 1.97. The van der Waals surface area contributed by atoms with Gasteiger partial charge in [-0.25, -0.2) is 0 Å². The van der Waals surface area contributed by atoms with Crippen LogP contribution >= 0.6 is 0 Å². The SMILES string of the molecule is Cc1ccc(NC(=O)c2cccn2C)c(C#CCCO)c1. The summed E-state index contributed by atoms with van der Waals surface area (Å²) in [5.74, 6) is 5.70. The molecule has 1 heterocycles. The average Bonchev–Trinajstić information content (AvgIpc) is 2.88. The van der Waals surface area contributed by atoms with Crippen LogP contribution in [0.3, 0.4) is 0 Å². The highest BCUT2D eigenvalue weighted by Crippen LogP contribution is 2.17. The van der Waals surface area contributed by atoms with E-state index >= 15 is 0 Å². The molecular formula is C17H18N2O2. The zero-order chi connectivity index (χ0) is 15.2. The third kappa shape index (κ3) is 3.74. The molecule has 2 N–H and O–H groups in total. The molecule has 4 nitrogen and oxygen atoms in total. The number of aliphatic hydroxyl groups excluding tert-OH is 1. The Bertz CT molecular complexity index is 705. The summed E-state index contributed by atoms with van der Waals surface area (Å²) in [6.07, 6.45) is 2.24. The lowest BCUT2D eigenvalue weighted by atomic mass is 10.1. The van der Waals surface area contributed by atoms with E-state index < -0.39 is 0 Å². The van der Waals surface area contributed by atoms with Gasteiger partial charge in [0.2, 0.25) is 0 Å². The van der Waals surface area contributed by atoms with Gasteiger partial charge in [0, 0.05) is 25.2 Å². The van der Waals surface area contributed by atoms with Crippen molar-refractivity contribution in [1.82, 2.24) is 4.57 Å². The summed E-state index contributed by atoms with van der Waals surface area (Å²) in [4.78, 5) is 12.2. The van der Waals surface area contributed by atoms with Crippen LogP contribution in [0.25, 0.3) is 0 Å². The lowest BCUT2D eigenvalue weighted by molar-refractivity contribution is 0.101. The average molecular weight is 282 g/mol. The van der Waals surface area contributed by atoms with Crippen LogP contribution in [-0.2, 0) is 7.05 Å². The first-order valence-electron chi connectivity index (χ1n) is 6.75. The topological polar surface area (TPSA) is 54.3 Å². The van der Waals surface area contributed by atoms with Crippen molar-refractivity contribution in [3.63, 3.8) is 0 Å². The molecule has 0 radical (unpaired) electrons. The highest BCUT2D eigenvalue weighted by atomic mass is 16.2. The van der Waals surface area contributed by atoms with E-state index in [1.807, 2.05) is 44.4 Å². The number of amides is 1. The van der Waals surface area contributed by atoms with Crippen LogP contribution in [0.2, 0.25) is 0 Å². The Labute approximate surface area is 124 Å². The minimum atomic E-state index is -0.170. The van der Waals surface area contributed by atoms with Crippen molar-refractivity contribution in [2.24, 2.45) is 7.05 Å².